The zero-order valence-corrected chi connectivity index (χ0v) is 13.1. The molecule has 0 spiro atoms. The van der Waals surface area contributed by atoms with Crippen molar-refractivity contribution in [1.29, 1.82) is 0 Å². The van der Waals surface area contributed by atoms with Crippen LogP contribution >= 0.6 is 0 Å². The quantitative estimate of drug-likeness (QED) is 0.480. The first kappa shape index (κ1) is 16.8. The molecule has 104 valence electrons. The molecule has 17 heavy (non-hydrogen) atoms. The van der Waals surface area contributed by atoms with E-state index in [9.17, 15) is 0 Å². The molecule has 0 rings (SSSR count). The van der Waals surface area contributed by atoms with E-state index >= 15 is 0 Å². The molecule has 0 aliphatic rings. The highest BCUT2D eigenvalue weighted by atomic mass is 16.7. The van der Waals surface area contributed by atoms with Gasteiger partial charge in [-0.05, 0) is 0 Å². The Balaban J connectivity index is 3.81. The minimum atomic E-state index is 0.554. The van der Waals surface area contributed by atoms with E-state index in [0.717, 1.165) is 35.3 Å². The number of hydrogen-bond acceptors (Lipinski definition) is 2. The molecular weight excluding hydrogens is 216 g/mol. The summed E-state index contributed by atoms with van der Waals surface area (Å²) in [5.41, 5.74) is 3.54. The van der Waals surface area contributed by atoms with Gasteiger partial charge in [-0.15, -0.1) is 0 Å². The van der Waals surface area contributed by atoms with Crippen molar-refractivity contribution in [3.05, 3.63) is 0 Å². The lowest BCUT2D eigenvalue weighted by Gasteiger charge is -2.32. The second-order valence-electron chi connectivity index (χ2n) is 7.05. The van der Waals surface area contributed by atoms with E-state index in [1.165, 1.54) is 0 Å². The second kappa shape index (κ2) is 6.11. The molecule has 0 amide bonds. The predicted molar refractivity (Wildman–Crippen MR) is 71.9 cm³/mol. The Labute approximate surface area is 107 Å². The van der Waals surface area contributed by atoms with Crippen LogP contribution < -0.4 is 5.43 Å². The first-order chi connectivity index (χ1) is 7.41. The van der Waals surface area contributed by atoms with Crippen LogP contribution in [0.1, 0.15) is 0 Å². The van der Waals surface area contributed by atoms with Gasteiger partial charge in [-0.3, -0.25) is 0 Å². The van der Waals surface area contributed by atoms with Gasteiger partial charge in [0, 0.05) is 0 Å². The highest BCUT2D eigenvalue weighted by molar-refractivity contribution is 4.34. The number of likely N-dealkylation sites (N-methyl/N-ethyl adjacent to an activating group) is 2. The maximum absolute atomic E-state index is 5.69. The Bertz CT molecular complexity index is 194. The molecule has 1 N–H and O–H groups in total. The lowest BCUT2D eigenvalue weighted by Crippen LogP contribution is -2.56. The molecule has 5 nitrogen and oxygen atoms in total. The van der Waals surface area contributed by atoms with Crippen molar-refractivity contribution in [2.75, 3.05) is 82.6 Å². The molecule has 0 bridgehead atoms. The molecule has 0 aromatic rings. The third-order valence-corrected chi connectivity index (χ3v) is 2.45. The number of quaternary nitrogens is 3. The summed E-state index contributed by atoms with van der Waals surface area (Å²) in [6.45, 7) is 3.86. The van der Waals surface area contributed by atoms with E-state index < -0.39 is 0 Å². The van der Waals surface area contributed by atoms with Gasteiger partial charge in [-0.1, -0.05) is 0 Å². The smallest absolute Gasteiger partial charge is 0.157 e. The SMILES string of the molecule is C[N+](C)(C)CCN[N+](C)(C)CCO[N+](C)(C)C. The first-order valence-corrected chi connectivity index (χ1v) is 6.26. The van der Waals surface area contributed by atoms with Gasteiger partial charge in [0.05, 0.1) is 69.5 Å². The second-order valence-corrected chi connectivity index (χ2v) is 7.05. The monoisotopic (exact) mass is 249 g/mol. The Morgan fingerprint density at radius 2 is 1.35 bits per heavy atom. The van der Waals surface area contributed by atoms with Gasteiger partial charge in [-0.2, -0.15) is 14.9 Å². The third kappa shape index (κ3) is 12.1. The fourth-order valence-corrected chi connectivity index (χ4v) is 1.31. The molecule has 0 aliphatic carbocycles. The van der Waals surface area contributed by atoms with Crippen LogP contribution in [0, 0.1) is 0 Å². The molecule has 0 saturated carbocycles. The van der Waals surface area contributed by atoms with Crippen LogP contribution in [0.2, 0.25) is 0 Å². The lowest BCUT2D eigenvalue weighted by atomic mass is 10.5. The summed E-state index contributed by atoms with van der Waals surface area (Å²) in [4.78, 5) is 5.69. The molecule has 0 aliphatic heterocycles. The summed E-state index contributed by atoms with van der Waals surface area (Å²) in [5, 5.41) is 0. The average Bonchev–Trinajstić information content (AvgIpc) is 1.96. The van der Waals surface area contributed by atoms with E-state index in [-0.39, 0.29) is 0 Å². The van der Waals surface area contributed by atoms with Gasteiger partial charge in [-0.25, -0.2) is 4.59 Å². The lowest BCUT2D eigenvalue weighted by molar-refractivity contribution is -1.07. The van der Waals surface area contributed by atoms with E-state index in [4.69, 9.17) is 4.84 Å². The summed E-state index contributed by atoms with van der Waals surface area (Å²) >= 11 is 0. The van der Waals surface area contributed by atoms with Crippen molar-refractivity contribution in [2.24, 2.45) is 0 Å². The zero-order valence-electron chi connectivity index (χ0n) is 13.1. The normalized spacial score (nSPS) is 14.1. The van der Waals surface area contributed by atoms with Gasteiger partial charge in [0.1, 0.15) is 6.54 Å². The van der Waals surface area contributed by atoms with E-state index in [1.54, 1.807) is 0 Å². The van der Waals surface area contributed by atoms with Crippen LogP contribution in [0.3, 0.4) is 0 Å². The van der Waals surface area contributed by atoms with Gasteiger partial charge in [0.15, 0.2) is 6.61 Å². The van der Waals surface area contributed by atoms with Crippen molar-refractivity contribution < 1.29 is 18.6 Å². The van der Waals surface area contributed by atoms with Crippen LogP contribution in [0.15, 0.2) is 0 Å². The number of nitrogens with zero attached hydrogens (tertiary/aromatic N) is 3. The minimum Gasteiger partial charge on any atom is -0.330 e. The largest absolute Gasteiger partial charge is 0.330 e. The van der Waals surface area contributed by atoms with Gasteiger partial charge >= 0.3 is 0 Å². The van der Waals surface area contributed by atoms with E-state index in [2.05, 4.69) is 40.7 Å². The Hall–Kier alpha value is -0.200. The van der Waals surface area contributed by atoms with Gasteiger partial charge in [0.2, 0.25) is 0 Å². The van der Waals surface area contributed by atoms with E-state index in [0.29, 0.717) is 4.65 Å². The van der Waals surface area contributed by atoms with Crippen molar-refractivity contribution in [1.82, 2.24) is 5.43 Å². The molecule has 0 aromatic heterocycles. The van der Waals surface area contributed by atoms with Crippen molar-refractivity contribution >= 4 is 0 Å². The molecule has 0 unspecified atom stereocenters. The van der Waals surface area contributed by atoms with Crippen molar-refractivity contribution in [3.8, 4) is 0 Å². The number of nitrogens with one attached hydrogen (secondary N) is 1. The first-order valence-electron chi connectivity index (χ1n) is 6.26. The Morgan fingerprint density at radius 1 is 0.824 bits per heavy atom. The van der Waals surface area contributed by atoms with E-state index in [1.807, 2.05) is 21.1 Å². The van der Waals surface area contributed by atoms with Gasteiger partial charge in [0.25, 0.3) is 0 Å². The maximum Gasteiger partial charge on any atom is 0.157 e. The molecule has 0 atom stereocenters. The summed E-state index contributed by atoms with van der Waals surface area (Å²) in [5.74, 6) is 0. The molecule has 0 fully saturated rings. The zero-order chi connectivity index (χ0) is 13.7. The molecule has 0 saturated heterocycles. The fourth-order valence-electron chi connectivity index (χ4n) is 1.31. The number of hydroxylamine groups is 3. The van der Waals surface area contributed by atoms with Gasteiger partial charge < -0.3 is 4.48 Å². The molecule has 5 heteroatoms. The topological polar surface area (TPSA) is 21.3 Å². The molecule has 0 radical (unpaired) electrons. The van der Waals surface area contributed by atoms with Crippen molar-refractivity contribution in [2.45, 2.75) is 0 Å². The van der Waals surface area contributed by atoms with Crippen LogP contribution in [-0.4, -0.2) is 96.3 Å². The summed E-state index contributed by atoms with van der Waals surface area (Å²) in [6.07, 6.45) is 0. The minimum absolute atomic E-state index is 0.554. The molecule has 0 aromatic carbocycles. The fraction of sp³-hybridized carbons (Fsp3) is 1.00. The highest BCUT2D eigenvalue weighted by Crippen LogP contribution is 1.97. The maximum atomic E-state index is 5.69. The average molecular weight is 249 g/mol. The molecule has 0 heterocycles. The third-order valence-electron chi connectivity index (χ3n) is 2.45. The number of rotatable bonds is 8. The van der Waals surface area contributed by atoms with Crippen LogP contribution in [0.25, 0.3) is 0 Å². The Morgan fingerprint density at radius 3 is 1.76 bits per heavy atom. The summed E-state index contributed by atoms with van der Waals surface area (Å²) < 4.78 is 2.33. The predicted octanol–water partition coefficient (Wildman–Crippen LogP) is -0.0886. The number of hydrogen-bond donors (Lipinski definition) is 1. The molecular formula is C12H33N4O+3. The van der Waals surface area contributed by atoms with Crippen molar-refractivity contribution in [3.63, 3.8) is 0 Å². The summed E-state index contributed by atoms with van der Waals surface area (Å²) in [6, 6.07) is 0. The summed E-state index contributed by atoms with van der Waals surface area (Å²) in [7, 11) is 17.1. The Kier molecular flexibility index (Phi) is 6.04. The highest BCUT2D eigenvalue weighted by Gasteiger charge is 2.19. The van der Waals surface area contributed by atoms with Crippen LogP contribution in [0.5, 0.6) is 0 Å². The standard InChI is InChI=1S/C12H33N4O/c1-14(2,3)10-9-13-16(7,8)11-12-17-15(4,5)6/h13H,9-12H2,1-8H3/q+3. The van der Waals surface area contributed by atoms with Crippen LogP contribution in [0.4, 0.5) is 0 Å². The van der Waals surface area contributed by atoms with Crippen LogP contribution in [-0.2, 0) is 4.84 Å².